The van der Waals surface area contributed by atoms with Crippen molar-refractivity contribution in [2.75, 3.05) is 0 Å². The highest BCUT2D eigenvalue weighted by molar-refractivity contribution is 6.20. The Labute approximate surface area is 174 Å². The SMILES string of the molecule is CCCCCCCCCCCCCCCC(=O)ON1C(=O)c2ccccc2C1=O. The summed E-state index contributed by atoms with van der Waals surface area (Å²) < 4.78 is 0. The largest absolute Gasteiger partial charge is 0.333 e. The highest BCUT2D eigenvalue weighted by Crippen LogP contribution is 2.23. The summed E-state index contributed by atoms with van der Waals surface area (Å²) in [5.41, 5.74) is 0.567. The number of rotatable bonds is 15. The summed E-state index contributed by atoms with van der Waals surface area (Å²) in [6, 6.07) is 6.50. The van der Waals surface area contributed by atoms with E-state index in [1.54, 1.807) is 24.3 Å². The maximum atomic E-state index is 12.2. The first-order chi connectivity index (χ1) is 14.1. The maximum Gasteiger partial charge on any atom is 0.333 e. The Kier molecular flexibility index (Phi) is 10.5. The summed E-state index contributed by atoms with van der Waals surface area (Å²) in [5.74, 6) is -1.66. The van der Waals surface area contributed by atoms with E-state index in [0.717, 1.165) is 19.3 Å². The van der Waals surface area contributed by atoms with Gasteiger partial charge in [0.1, 0.15) is 0 Å². The van der Waals surface area contributed by atoms with Crippen molar-refractivity contribution >= 4 is 17.8 Å². The van der Waals surface area contributed by atoms with Crippen LogP contribution in [0.15, 0.2) is 24.3 Å². The minimum absolute atomic E-state index is 0.227. The quantitative estimate of drug-likeness (QED) is 0.258. The van der Waals surface area contributed by atoms with Gasteiger partial charge in [-0.15, -0.1) is 0 Å². The van der Waals surface area contributed by atoms with E-state index in [1.807, 2.05) is 0 Å². The van der Waals surface area contributed by atoms with Gasteiger partial charge < -0.3 is 4.84 Å². The summed E-state index contributed by atoms with van der Waals surface area (Å²) in [7, 11) is 0. The van der Waals surface area contributed by atoms with E-state index in [1.165, 1.54) is 64.2 Å². The minimum Gasteiger partial charge on any atom is -0.330 e. The van der Waals surface area contributed by atoms with Gasteiger partial charge in [-0.25, -0.2) is 4.79 Å². The summed E-state index contributed by atoms with van der Waals surface area (Å²) in [6.45, 7) is 2.25. The van der Waals surface area contributed by atoms with Crippen molar-refractivity contribution in [1.82, 2.24) is 5.06 Å². The van der Waals surface area contributed by atoms with E-state index < -0.39 is 17.8 Å². The first-order valence-electron chi connectivity index (χ1n) is 11.3. The number of unbranched alkanes of at least 4 members (excludes halogenated alkanes) is 12. The van der Waals surface area contributed by atoms with Crippen LogP contribution < -0.4 is 0 Å². The number of hydrogen-bond donors (Lipinski definition) is 0. The molecule has 5 nitrogen and oxygen atoms in total. The standard InChI is InChI=1S/C24H35NO4/c1-2-3-4-5-6-7-8-9-10-11-12-13-14-19-22(26)29-25-23(27)20-17-15-16-18-21(20)24(25)28/h15-18H,2-14,19H2,1H3. The van der Waals surface area contributed by atoms with Gasteiger partial charge in [0.2, 0.25) is 0 Å². The molecule has 1 aromatic rings. The third-order valence-corrected chi connectivity index (χ3v) is 5.43. The first-order valence-corrected chi connectivity index (χ1v) is 11.3. The summed E-state index contributed by atoms with van der Waals surface area (Å²) >= 11 is 0. The van der Waals surface area contributed by atoms with Crippen LogP contribution in [0.2, 0.25) is 0 Å². The van der Waals surface area contributed by atoms with Crippen molar-refractivity contribution in [3.63, 3.8) is 0 Å². The molecule has 0 aromatic heterocycles. The molecule has 2 amide bonds. The number of carbonyl (C=O) groups excluding carboxylic acids is 3. The van der Waals surface area contributed by atoms with E-state index >= 15 is 0 Å². The molecule has 0 spiro atoms. The molecule has 29 heavy (non-hydrogen) atoms. The number of carbonyl (C=O) groups is 3. The van der Waals surface area contributed by atoms with Crippen LogP contribution in [0.1, 0.15) is 118 Å². The molecule has 0 unspecified atom stereocenters. The Hall–Kier alpha value is -2.17. The molecule has 0 fully saturated rings. The van der Waals surface area contributed by atoms with Gasteiger partial charge in [-0.05, 0) is 18.6 Å². The zero-order valence-corrected chi connectivity index (χ0v) is 17.8. The third kappa shape index (κ3) is 7.64. The van der Waals surface area contributed by atoms with Crippen LogP contribution in [0.4, 0.5) is 0 Å². The van der Waals surface area contributed by atoms with Gasteiger partial charge in [-0.3, -0.25) is 9.59 Å². The zero-order valence-electron chi connectivity index (χ0n) is 17.8. The maximum absolute atomic E-state index is 12.2. The predicted octanol–water partition coefficient (Wildman–Crippen LogP) is 6.22. The zero-order chi connectivity index (χ0) is 20.9. The molecule has 0 radical (unpaired) electrons. The molecule has 1 aliphatic rings. The number of nitrogens with zero attached hydrogens (tertiary/aromatic N) is 1. The van der Waals surface area contributed by atoms with Crippen molar-refractivity contribution in [1.29, 1.82) is 0 Å². The fourth-order valence-electron chi connectivity index (χ4n) is 3.68. The second-order valence-electron chi connectivity index (χ2n) is 7.91. The molecule has 0 saturated heterocycles. The van der Waals surface area contributed by atoms with E-state index in [4.69, 9.17) is 4.84 Å². The van der Waals surface area contributed by atoms with Crippen LogP contribution in [0.5, 0.6) is 0 Å². The Bertz CT molecular complexity index is 636. The van der Waals surface area contributed by atoms with Gasteiger partial charge in [0.25, 0.3) is 11.8 Å². The number of amides is 2. The molecule has 0 aliphatic carbocycles. The lowest BCUT2D eigenvalue weighted by molar-refractivity contribution is -0.168. The minimum atomic E-state index is -0.565. The molecule has 1 aromatic carbocycles. The van der Waals surface area contributed by atoms with Gasteiger partial charge >= 0.3 is 5.97 Å². The second kappa shape index (κ2) is 13.1. The molecule has 5 heteroatoms. The molecular weight excluding hydrogens is 366 g/mol. The number of fused-ring (bicyclic) bond motifs is 1. The van der Waals surface area contributed by atoms with Crippen LogP contribution in [-0.4, -0.2) is 22.8 Å². The summed E-state index contributed by atoms with van der Waals surface area (Å²) in [4.78, 5) is 41.3. The number of hydroxylamine groups is 2. The normalized spacial score (nSPS) is 13.1. The fraction of sp³-hybridized carbons (Fsp3) is 0.625. The van der Waals surface area contributed by atoms with Crippen molar-refractivity contribution in [2.45, 2.75) is 96.8 Å². The average molecular weight is 402 g/mol. The lowest BCUT2D eigenvalue weighted by Crippen LogP contribution is -2.32. The van der Waals surface area contributed by atoms with Crippen molar-refractivity contribution in [3.8, 4) is 0 Å². The van der Waals surface area contributed by atoms with Gasteiger partial charge in [-0.1, -0.05) is 101 Å². The van der Waals surface area contributed by atoms with E-state index in [9.17, 15) is 14.4 Å². The highest BCUT2D eigenvalue weighted by Gasteiger charge is 2.38. The van der Waals surface area contributed by atoms with Crippen molar-refractivity contribution in [2.24, 2.45) is 0 Å². The molecule has 0 bridgehead atoms. The first kappa shape index (κ1) is 23.1. The van der Waals surface area contributed by atoms with E-state index in [0.29, 0.717) is 5.06 Å². The van der Waals surface area contributed by atoms with Crippen molar-refractivity contribution in [3.05, 3.63) is 35.4 Å². The molecule has 1 heterocycles. The number of benzene rings is 1. The van der Waals surface area contributed by atoms with Crippen LogP contribution >= 0.6 is 0 Å². The van der Waals surface area contributed by atoms with Gasteiger partial charge in [0.05, 0.1) is 11.1 Å². The smallest absolute Gasteiger partial charge is 0.330 e. The Morgan fingerprint density at radius 2 is 1.14 bits per heavy atom. The average Bonchev–Trinajstić information content (AvgIpc) is 2.96. The lowest BCUT2D eigenvalue weighted by atomic mass is 10.0. The molecule has 0 saturated carbocycles. The van der Waals surface area contributed by atoms with Crippen LogP contribution in [0.3, 0.4) is 0 Å². The number of imide groups is 1. The Morgan fingerprint density at radius 1 is 0.724 bits per heavy atom. The topological polar surface area (TPSA) is 63.7 Å². The van der Waals surface area contributed by atoms with Gasteiger partial charge in [0.15, 0.2) is 0 Å². The van der Waals surface area contributed by atoms with Gasteiger partial charge in [0, 0.05) is 6.42 Å². The molecule has 2 rings (SSSR count). The van der Waals surface area contributed by atoms with Crippen LogP contribution in [-0.2, 0) is 9.63 Å². The van der Waals surface area contributed by atoms with Crippen molar-refractivity contribution < 1.29 is 19.2 Å². The molecule has 1 aliphatic heterocycles. The monoisotopic (exact) mass is 401 g/mol. The third-order valence-electron chi connectivity index (χ3n) is 5.43. The Morgan fingerprint density at radius 3 is 1.59 bits per heavy atom. The summed E-state index contributed by atoms with van der Waals surface area (Å²) in [5, 5.41) is 0.593. The van der Waals surface area contributed by atoms with Gasteiger partial charge in [-0.2, -0.15) is 0 Å². The second-order valence-corrected chi connectivity index (χ2v) is 7.91. The fourth-order valence-corrected chi connectivity index (χ4v) is 3.68. The number of hydrogen-bond acceptors (Lipinski definition) is 4. The predicted molar refractivity (Wildman–Crippen MR) is 113 cm³/mol. The lowest BCUT2D eigenvalue weighted by Gasteiger charge is -2.12. The highest BCUT2D eigenvalue weighted by atomic mass is 16.7. The van der Waals surface area contributed by atoms with E-state index in [-0.39, 0.29) is 17.5 Å². The Balaban J connectivity index is 1.47. The molecule has 0 atom stereocenters. The van der Waals surface area contributed by atoms with Crippen LogP contribution in [0.25, 0.3) is 0 Å². The molecule has 0 N–H and O–H groups in total. The van der Waals surface area contributed by atoms with E-state index in [2.05, 4.69) is 6.92 Å². The van der Waals surface area contributed by atoms with Crippen LogP contribution in [0, 0.1) is 0 Å². The molecular formula is C24H35NO4. The molecule has 160 valence electrons. The summed E-state index contributed by atoms with van der Waals surface area (Å²) in [6.07, 6.45) is 16.3.